The third-order valence-electron chi connectivity index (χ3n) is 3.33. The lowest BCUT2D eigenvalue weighted by molar-refractivity contribution is -0.143. The van der Waals surface area contributed by atoms with E-state index in [1.807, 2.05) is 0 Å². The van der Waals surface area contributed by atoms with E-state index in [9.17, 15) is 19.1 Å². The summed E-state index contributed by atoms with van der Waals surface area (Å²) in [6.45, 7) is 5.46. The second-order valence-corrected chi connectivity index (χ2v) is 6.28. The van der Waals surface area contributed by atoms with Crippen LogP contribution in [-0.4, -0.2) is 58.3 Å². The molecule has 0 aliphatic carbocycles. The molecular weight excluding hydrogens is 305 g/mol. The molecule has 1 aliphatic rings. The van der Waals surface area contributed by atoms with Gasteiger partial charge in [0.05, 0.1) is 6.54 Å². The molecule has 1 aromatic heterocycles. The van der Waals surface area contributed by atoms with Gasteiger partial charge in [-0.15, -0.1) is 0 Å². The molecule has 23 heavy (non-hydrogen) atoms. The molecule has 0 aromatic carbocycles. The Balaban J connectivity index is 2.17. The van der Waals surface area contributed by atoms with E-state index >= 15 is 0 Å². The van der Waals surface area contributed by atoms with Crippen LogP contribution in [0.2, 0.25) is 0 Å². The molecule has 0 saturated carbocycles. The Labute approximate surface area is 133 Å². The van der Waals surface area contributed by atoms with Crippen LogP contribution in [0.5, 0.6) is 0 Å². The van der Waals surface area contributed by atoms with Gasteiger partial charge in [0.25, 0.3) is 0 Å². The van der Waals surface area contributed by atoms with Crippen molar-refractivity contribution < 1.29 is 23.8 Å². The Hall–Kier alpha value is -2.38. The second kappa shape index (κ2) is 6.39. The highest BCUT2D eigenvalue weighted by atomic mass is 19.1. The van der Waals surface area contributed by atoms with Crippen molar-refractivity contribution in [2.24, 2.45) is 0 Å². The molecule has 1 atom stereocenters. The molecule has 1 N–H and O–H groups in total. The monoisotopic (exact) mass is 325 g/mol. The molecule has 0 spiro atoms. The highest BCUT2D eigenvalue weighted by molar-refractivity contribution is 5.81. The number of carboxylic acids is 1. The fourth-order valence-corrected chi connectivity index (χ4v) is 2.34. The van der Waals surface area contributed by atoms with Crippen LogP contribution in [0.4, 0.5) is 15.0 Å². The van der Waals surface area contributed by atoms with Crippen LogP contribution in [0, 0.1) is 5.82 Å². The number of rotatable bonds is 2. The fourth-order valence-electron chi connectivity index (χ4n) is 2.34. The van der Waals surface area contributed by atoms with Crippen LogP contribution in [0.25, 0.3) is 0 Å². The topological polar surface area (TPSA) is 83.0 Å². The molecule has 2 rings (SSSR count). The maximum Gasteiger partial charge on any atom is 0.411 e. The van der Waals surface area contributed by atoms with Gasteiger partial charge in [0, 0.05) is 19.3 Å². The number of carbonyl (C=O) groups excluding carboxylic acids is 1. The minimum Gasteiger partial charge on any atom is -0.480 e. The fraction of sp³-hybridized carbons (Fsp3) is 0.533. The van der Waals surface area contributed by atoms with E-state index in [-0.39, 0.29) is 25.5 Å². The molecule has 1 saturated heterocycles. The Bertz CT molecular complexity index is 603. The van der Waals surface area contributed by atoms with Gasteiger partial charge in [-0.3, -0.25) is 4.90 Å². The lowest BCUT2D eigenvalue weighted by Crippen LogP contribution is -2.59. The number of piperazine rings is 1. The van der Waals surface area contributed by atoms with E-state index in [2.05, 4.69) is 4.98 Å². The first-order chi connectivity index (χ1) is 10.7. The number of halogens is 1. The van der Waals surface area contributed by atoms with Crippen molar-refractivity contribution in [1.82, 2.24) is 9.88 Å². The first-order valence-electron chi connectivity index (χ1n) is 7.27. The standard InChI is InChI=1S/C15H20FN3O4/c1-15(2,3)23-14(22)19-8-7-18(9-11(19)13(20)21)12-10(16)5-4-6-17-12/h4-6,11H,7-9H2,1-3H3,(H,20,21)/t11-/m0/s1. The first-order valence-corrected chi connectivity index (χ1v) is 7.27. The predicted molar refractivity (Wildman–Crippen MR) is 80.8 cm³/mol. The zero-order valence-electron chi connectivity index (χ0n) is 13.3. The van der Waals surface area contributed by atoms with Gasteiger partial charge < -0.3 is 14.7 Å². The number of anilines is 1. The third-order valence-corrected chi connectivity index (χ3v) is 3.33. The molecule has 1 amide bonds. The second-order valence-electron chi connectivity index (χ2n) is 6.28. The van der Waals surface area contributed by atoms with Gasteiger partial charge in [-0.1, -0.05) is 0 Å². The van der Waals surface area contributed by atoms with Crippen molar-refractivity contribution in [3.05, 3.63) is 24.1 Å². The largest absolute Gasteiger partial charge is 0.480 e. The van der Waals surface area contributed by atoms with Crippen LogP contribution in [0.15, 0.2) is 18.3 Å². The lowest BCUT2D eigenvalue weighted by atomic mass is 10.1. The van der Waals surface area contributed by atoms with E-state index < -0.39 is 29.5 Å². The normalized spacial score (nSPS) is 18.7. The summed E-state index contributed by atoms with van der Waals surface area (Å²) in [6.07, 6.45) is 0.750. The van der Waals surface area contributed by atoms with Crippen LogP contribution >= 0.6 is 0 Å². The van der Waals surface area contributed by atoms with Crippen LogP contribution in [-0.2, 0) is 9.53 Å². The van der Waals surface area contributed by atoms with Crippen molar-refractivity contribution in [3.8, 4) is 0 Å². The summed E-state index contributed by atoms with van der Waals surface area (Å²) in [5.74, 6) is -1.61. The maximum atomic E-state index is 13.8. The van der Waals surface area contributed by atoms with Gasteiger partial charge in [-0.2, -0.15) is 0 Å². The summed E-state index contributed by atoms with van der Waals surface area (Å²) < 4.78 is 19.1. The maximum absolute atomic E-state index is 13.8. The molecular formula is C15H20FN3O4. The summed E-state index contributed by atoms with van der Waals surface area (Å²) >= 11 is 0. The first kappa shape index (κ1) is 17.0. The number of ether oxygens (including phenoxy) is 1. The average Bonchev–Trinajstić information content (AvgIpc) is 2.45. The average molecular weight is 325 g/mol. The minimum absolute atomic E-state index is 0.0531. The zero-order valence-corrected chi connectivity index (χ0v) is 13.3. The predicted octanol–water partition coefficient (Wildman–Crippen LogP) is 1.73. The van der Waals surface area contributed by atoms with Gasteiger partial charge in [0.1, 0.15) is 11.6 Å². The van der Waals surface area contributed by atoms with E-state index in [0.29, 0.717) is 0 Å². The van der Waals surface area contributed by atoms with Gasteiger partial charge >= 0.3 is 12.1 Å². The number of pyridine rings is 1. The van der Waals surface area contributed by atoms with Crippen LogP contribution in [0.1, 0.15) is 20.8 Å². The molecule has 0 radical (unpaired) electrons. The van der Waals surface area contributed by atoms with Gasteiger partial charge in [-0.25, -0.2) is 19.0 Å². The van der Waals surface area contributed by atoms with Crippen molar-refractivity contribution in [2.45, 2.75) is 32.4 Å². The number of aliphatic carboxylic acids is 1. The number of aromatic nitrogens is 1. The minimum atomic E-state index is -1.17. The number of amides is 1. The number of carboxylic acid groups (broad SMARTS) is 1. The van der Waals surface area contributed by atoms with Crippen molar-refractivity contribution in [2.75, 3.05) is 24.5 Å². The van der Waals surface area contributed by atoms with E-state index in [0.717, 1.165) is 4.90 Å². The molecule has 1 fully saturated rings. The molecule has 126 valence electrons. The zero-order chi connectivity index (χ0) is 17.2. The quantitative estimate of drug-likeness (QED) is 0.891. The van der Waals surface area contributed by atoms with Crippen molar-refractivity contribution in [3.63, 3.8) is 0 Å². The Morgan fingerprint density at radius 1 is 1.39 bits per heavy atom. The van der Waals surface area contributed by atoms with E-state index in [4.69, 9.17) is 4.74 Å². The highest BCUT2D eigenvalue weighted by Crippen LogP contribution is 2.21. The number of nitrogens with zero attached hydrogens (tertiary/aromatic N) is 3. The summed E-state index contributed by atoms with van der Waals surface area (Å²) in [7, 11) is 0. The Morgan fingerprint density at radius 2 is 2.09 bits per heavy atom. The Morgan fingerprint density at radius 3 is 2.65 bits per heavy atom. The van der Waals surface area contributed by atoms with Gasteiger partial charge in [0.2, 0.25) is 0 Å². The van der Waals surface area contributed by atoms with Gasteiger partial charge in [-0.05, 0) is 32.9 Å². The smallest absolute Gasteiger partial charge is 0.411 e. The number of hydrogen-bond acceptors (Lipinski definition) is 5. The van der Waals surface area contributed by atoms with Crippen LogP contribution < -0.4 is 4.90 Å². The van der Waals surface area contributed by atoms with E-state index in [1.54, 1.807) is 20.8 Å². The number of hydrogen-bond donors (Lipinski definition) is 1. The summed E-state index contributed by atoms with van der Waals surface area (Å²) in [4.78, 5) is 30.3. The molecule has 7 nitrogen and oxygen atoms in total. The van der Waals surface area contributed by atoms with Crippen molar-refractivity contribution in [1.29, 1.82) is 0 Å². The third kappa shape index (κ3) is 4.08. The van der Waals surface area contributed by atoms with Crippen molar-refractivity contribution >= 4 is 17.9 Å². The summed E-state index contributed by atoms with van der Waals surface area (Å²) in [5, 5.41) is 9.40. The Kier molecular flexibility index (Phi) is 4.72. The summed E-state index contributed by atoms with van der Waals surface area (Å²) in [6, 6.07) is 1.60. The lowest BCUT2D eigenvalue weighted by Gasteiger charge is -2.40. The molecule has 8 heteroatoms. The summed E-state index contributed by atoms with van der Waals surface area (Å²) in [5.41, 5.74) is -0.718. The SMILES string of the molecule is CC(C)(C)OC(=O)N1CCN(c2ncccc2F)C[C@H]1C(=O)O. The van der Waals surface area contributed by atoms with E-state index in [1.165, 1.54) is 23.2 Å². The van der Waals surface area contributed by atoms with Crippen LogP contribution in [0.3, 0.4) is 0 Å². The molecule has 0 unspecified atom stereocenters. The molecule has 1 aliphatic heterocycles. The van der Waals surface area contributed by atoms with Gasteiger partial charge in [0.15, 0.2) is 11.6 Å². The molecule has 2 heterocycles. The highest BCUT2D eigenvalue weighted by Gasteiger charge is 2.38. The molecule has 1 aromatic rings. The number of carbonyl (C=O) groups is 2. The molecule has 0 bridgehead atoms.